The molecule has 1 atom stereocenters. The Hall–Kier alpha value is -3.79. The van der Waals surface area contributed by atoms with E-state index in [1.54, 1.807) is 54.6 Å². The van der Waals surface area contributed by atoms with Crippen LogP contribution in [0.2, 0.25) is 0 Å². The summed E-state index contributed by atoms with van der Waals surface area (Å²) in [5, 5.41) is 9.90. The van der Waals surface area contributed by atoms with Gasteiger partial charge in [-0.1, -0.05) is 48.5 Å². The van der Waals surface area contributed by atoms with Crippen LogP contribution in [-0.2, 0) is 11.0 Å². The van der Waals surface area contributed by atoms with Crippen LogP contribution in [0.5, 0.6) is 5.75 Å². The lowest BCUT2D eigenvalue weighted by Gasteiger charge is -2.16. The van der Waals surface area contributed by atoms with E-state index in [1.807, 2.05) is 0 Å². The highest BCUT2D eigenvalue weighted by Crippen LogP contribution is 2.38. The van der Waals surface area contributed by atoms with Gasteiger partial charge in [-0.2, -0.15) is 13.2 Å². The van der Waals surface area contributed by atoms with Crippen LogP contribution in [-0.4, -0.2) is 23.2 Å². The van der Waals surface area contributed by atoms with Gasteiger partial charge in [0, 0.05) is 5.69 Å². The van der Waals surface area contributed by atoms with E-state index >= 15 is 0 Å². The first kappa shape index (κ1) is 23.4. The summed E-state index contributed by atoms with van der Waals surface area (Å²) in [5.41, 5.74) is 0.386. The van der Waals surface area contributed by atoms with E-state index in [4.69, 9.17) is 9.15 Å². The SMILES string of the molecule is COc1ccccc1-c1nnc(SC(C(=O)Nc2cccc(C(F)(F)F)c2)c2ccccc2)o1. The number of halogens is 3. The van der Waals surface area contributed by atoms with Gasteiger partial charge in [0.25, 0.3) is 11.1 Å². The number of benzene rings is 3. The highest BCUT2D eigenvalue weighted by molar-refractivity contribution is 8.00. The van der Waals surface area contributed by atoms with Crippen molar-refractivity contribution in [2.24, 2.45) is 0 Å². The summed E-state index contributed by atoms with van der Waals surface area (Å²) in [5.74, 6) is 0.224. The Bertz CT molecular complexity index is 1280. The predicted molar refractivity (Wildman–Crippen MR) is 121 cm³/mol. The molecule has 0 saturated carbocycles. The second-order valence-electron chi connectivity index (χ2n) is 7.05. The van der Waals surface area contributed by atoms with Gasteiger partial charge in [-0.15, -0.1) is 10.2 Å². The van der Waals surface area contributed by atoms with Crippen molar-refractivity contribution < 1.29 is 27.1 Å². The molecule has 4 rings (SSSR count). The van der Waals surface area contributed by atoms with Crippen molar-refractivity contribution >= 4 is 23.4 Å². The smallest absolute Gasteiger partial charge is 0.416 e. The Morgan fingerprint density at radius 1 is 1.00 bits per heavy atom. The van der Waals surface area contributed by atoms with Gasteiger partial charge in [-0.25, -0.2) is 0 Å². The topological polar surface area (TPSA) is 77.2 Å². The minimum Gasteiger partial charge on any atom is -0.496 e. The van der Waals surface area contributed by atoms with Crippen LogP contribution < -0.4 is 10.1 Å². The van der Waals surface area contributed by atoms with Gasteiger partial charge >= 0.3 is 6.18 Å². The number of aromatic nitrogens is 2. The van der Waals surface area contributed by atoms with Crippen LogP contribution in [0.4, 0.5) is 18.9 Å². The third-order valence-corrected chi connectivity index (χ3v) is 5.85. The number of amides is 1. The average Bonchev–Trinajstić information content (AvgIpc) is 3.31. The molecule has 0 spiro atoms. The number of ether oxygens (including phenoxy) is 1. The van der Waals surface area contributed by atoms with Crippen molar-refractivity contribution in [2.45, 2.75) is 16.6 Å². The summed E-state index contributed by atoms with van der Waals surface area (Å²) < 4.78 is 50.3. The van der Waals surface area contributed by atoms with Crippen LogP contribution in [0, 0.1) is 0 Å². The maximum absolute atomic E-state index is 13.1. The van der Waals surface area contributed by atoms with Crippen LogP contribution in [0.25, 0.3) is 11.5 Å². The molecule has 3 aromatic carbocycles. The van der Waals surface area contributed by atoms with Crippen molar-refractivity contribution in [3.05, 3.63) is 90.0 Å². The lowest BCUT2D eigenvalue weighted by molar-refractivity contribution is -0.137. The molecule has 0 bridgehead atoms. The number of alkyl halides is 3. The minimum absolute atomic E-state index is 0.0293. The first-order valence-electron chi connectivity index (χ1n) is 10.0. The molecule has 0 radical (unpaired) electrons. The number of methoxy groups -OCH3 is 1. The average molecular weight is 485 g/mol. The molecule has 1 heterocycles. The van der Waals surface area contributed by atoms with E-state index in [1.165, 1.54) is 19.2 Å². The largest absolute Gasteiger partial charge is 0.496 e. The summed E-state index contributed by atoms with van der Waals surface area (Å²) in [4.78, 5) is 13.1. The molecule has 0 aliphatic rings. The third kappa shape index (κ3) is 5.40. The van der Waals surface area contributed by atoms with Gasteiger partial charge in [-0.05, 0) is 47.7 Å². The maximum Gasteiger partial charge on any atom is 0.416 e. The zero-order valence-electron chi connectivity index (χ0n) is 17.7. The van der Waals surface area contributed by atoms with Crippen LogP contribution in [0.3, 0.4) is 0 Å². The Morgan fingerprint density at radius 2 is 1.74 bits per heavy atom. The quantitative estimate of drug-likeness (QED) is 0.313. The highest BCUT2D eigenvalue weighted by Gasteiger charge is 2.31. The first-order chi connectivity index (χ1) is 16.3. The van der Waals surface area contributed by atoms with E-state index < -0.39 is 22.9 Å². The Morgan fingerprint density at radius 3 is 2.47 bits per heavy atom. The van der Waals surface area contributed by atoms with Gasteiger partial charge in [0.05, 0.1) is 18.2 Å². The van der Waals surface area contributed by atoms with Gasteiger partial charge in [0.1, 0.15) is 11.0 Å². The van der Waals surface area contributed by atoms with Gasteiger partial charge in [0.2, 0.25) is 5.91 Å². The molecule has 0 aliphatic heterocycles. The van der Waals surface area contributed by atoms with Gasteiger partial charge in [-0.3, -0.25) is 4.79 Å². The second-order valence-corrected chi connectivity index (χ2v) is 8.11. The second kappa shape index (κ2) is 10.0. The van der Waals surface area contributed by atoms with E-state index in [0.717, 1.165) is 23.9 Å². The van der Waals surface area contributed by atoms with Crippen LogP contribution in [0.15, 0.2) is 88.5 Å². The molecule has 1 amide bonds. The third-order valence-electron chi connectivity index (χ3n) is 4.76. The van der Waals surface area contributed by atoms with Crippen molar-refractivity contribution in [1.82, 2.24) is 10.2 Å². The van der Waals surface area contributed by atoms with E-state index in [-0.39, 0.29) is 16.8 Å². The van der Waals surface area contributed by atoms with Crippen molar-refractivity contribution in [3.8, 4) is 17.2 Å². The maximum atomic E-state index is 13.1. The molecule has 4 aromatic rings. The van der Waals surface area contributed by atoms with E-state index in [0.29, 0.717) is 16.9 Å². The molecule has 0 aliphatic carbocycles. The fourth-order valence-corrected chi connectivity index (χ4v) is 4.05. The summed E-state index contributed by atoms with van der Waals surface area (Å²) >= 11 is 0.993. The minimum atomic E-state index is -4.52. The zero-order chi connectivity index (χ0) is 24.1. The van der Waals surface area contributed by atoms with Gasteiger partial charge < -0.3 is 14.5 Å². The molecule has 0 saturated heterocycles. The molecule has 174 valence electrons. The molecule has 0 fully saturated rings. The van der Waals surface area contributed by atoms with Crippen LogP contribution in [0.1, 0.15) is 16.4 Å². The van der Waals surface area contributed by atoms with E-state index in [9.17, 15) is 18.0 Å². The monoisotopic (exact) mass is 485 g/mol. The van der Waals surface area contributed by atoms with Crippen molar-refractivity contribution in [1.29, 1.82) is 0 Å². The summed E-state index contributed by atoms with van der Waals surface area (Å²) in [6.45, 7) is 0. The standard InChI is InChI=1S/C24H18F3N3O3S/c1-32-19-13-6-5-12-18(19)22-29-30-23(33-22)34-20(15-8-3-2-4-9-15)21(31)28-17-11-7-10-16(14-17)24(25,26)27/h2-14,20H,1H3,(H,28,31). The number of nitrogens with zero attached hydrogens (tertiary/aromatic N) is 2. The number of thioether (sulfide) groups is 1. The number of anilines is 1. The lowest BCUT2D eigenvalue weighted by atomic mass is 10.1. The number of rotatable bonds is 7. The van der Waals surface area contributed by atoms with Crippen LogP contribution >= 0.6 is 11.8 Å². The molecule has 10 heteroatoms. The number of hydrogen-bond donors (Lipinski definition) is 1. The number of hydrogen-bond acceptors (Lipinski definition) is 6. The molecule has 1 unspecified atom stereocenters. The number of nitrogens with one attached hydrogen (secondary N) is 1. The highest BCUT2D eigenvalue weighted by atomic mass is 32.2. The summed E-state index contributed by atoms with van der Waals surface area (Å²) in [6.07, 6.45) is -4.52. The lowest BCUT2D eigenvalue weighted by Crippen LogP contribution is -2.19. The first-order valence-corrected chi connectivity index (χ1v) is 10.9. The molecule has 6 nitrogen and oxygen atoms in total. The fourth-order valence-electron chi connectivity index (χ4n) is 3.17. The number of carbonyl (C=O) groups is 1. The van der Waals surface area contributed by atoms with E-state index in [2.05, 4.69) is 15.5 Å². The molecule has 1 aromatic heterocycles. The molecule has 34 heavy (non-hydrogen) atoms. The normalized spacial score (nSPS) is 12.2. The molecular weight excluding hydrogens is 467 g/mol. The summed E-state index contributed by atoms with van der Waals surface area (Å²) in [7, 11) is 1.52. The predicted octanol–water partition coefficient (Wildman–Crippen LogP) is 6.24. The zero-order valence-corrected chi connectivity index (χ0v) is 18.6. The Labute approximate surface area is 197 Å². The van der Waals surface area contributed by atoms with Crippen molar-refractivity contribution in [2.75, 3.05) is 12.4 Å². The summed E-state index contributed by atoms with van der Waals surface area (Å²) in [6, 6.07) is 20.4. The number of para-hydroxylation sites is 1. The van der Waals surface area contributed by atoms with Crippen molar-refractivity contribution in [3.63, 3.8) is 0 Å². The molecular formula is C24H18F3N3O3S. The Balaban J connectivity index is 1.60. The number of carbonyl (C=O) groups excluding carboxylic acids is 1. The molecule has 1 N–H and O–H groups in total. The fraction of sp³-hybridized carbons (Fsp3) is 0.125. The Kier molecular flexibility index (Phi) is 6.87. The van der Waals surface area contributed by atoms with Gasteiger partial charge in [0.15, 0.2) is 0 Å².